The molecule has 15 heteroatoms. The maximum atomic E-state index is 13.1. The van der Waals surface area contributed by atoms with Crippen molar-refractivity contribution in [3.05, 3.63) is 51.9 Å². The molecule has 0 aliphatic carbocycles. The fourth-order valence-corrected chi connectivity index (χ4v) is 3.40. The molecule has 0 aromatic carbocycles. The van der Waals surface area contributed by atoms with Crippen LogP contribution in [-0.4, -0.2) is 71.7 Å². The van der Waals surface area contributed by atoms with Crippen LogP contribution in [0.3, 0.4) is 0 Å². The number of nitrogens with zero attached hydrogens (tertiary/aromatic N) is 4. The molecule has 1 aliphatic rings. The summed E-state index contributed by atoms with van der Waals surface area (Å²) in [6.45, 7) is 5.06. The van der Waals surface area contributed by atoms with Crippen LogP contribution in [-0.2, 0) is 17.1 Å². The van der Waals surface area contributed by atoms with E-state index in [-0.39, 0.29) is 11.4 Å². The number of alkyl halides is 6. The number of likely N-dealkylation sites (N-methyl/N-ethyl adjacent to an activating group) is 1. The summed E-state index contributed by atoms with van der Waals surface area (Å²) in [6.07, 6.45) is -7.38. The first kappa shape index (κ1) is 29.1. The van der Waals surface area contributed by atoms with Crippen LogP contribution < -0.4 is 4.90 Å². The van der Waals surface area contributed by atoms with Crippen molar-refractivity contribution < 1.29 is 45.8 Å². The molecule has 2 aromatic heterocycles. The minimum Gasteiger partial charge on any atom is -0.478 e. The number of carboxylic acids is 1. The molecule has 198 valence electrons. The maximum Gasteiger partial charge on any atom is 0.419 e. The number of carbonyl (C=O) groups excluding carboxylic acids is 1. The van der Waals surface area contributed by atoms with Gasteiger partial charge in [0.15, 0.2) is 0 Å². The molecule has 0 saturated carbocycles. The van der Waals surface area contributed by atoms with Crippen molar-refractivity contribution in [3.63, 3.8) is 0 Å². The highest BCUT2D eigenvalue weighted by Crippen LogP contribution is 2.36. The molecule has 0 bridgehead atoms. The topological polar surface area (TPSA) is 95.9 Å². The van der Waals surface area contributed by atoms with Crippen LogP contribution in [0.1, 0.15) is 38.8 Å². The van der Waals surface area contributed by atoms with Crippen LogP contribution in [0.15, 0.2) is 24.5 Å². The number of aromatic nitrogens is 2. The van der Waals surface area contributed by atoms with Crippen molar-refractivity contribution in [1.82, 2.24) is 14.9 Å². The van der Waals surface area contributed by atoms with Gasteiger partial charge in [-0.1, -0.05) is 18.5 Å². The SMILES string of the molecule is CCN1CCN(c2ncc(C(=O)O)cc2C(F)(F)F)CC1.COC(=O)c1cnc(Cl)c(C(F)(F)F)c1. The van der Waals surface area contributed by atoms with Crippen molar-refractivity contribution >= 4 is 29.4 Å². The summed E-state index contributed by atoms with van der Waals surface area (Å²) in [6, 6.07) is 1.25. The van der Waals surface area contributed by atoms with Crippen LogP contribution in [0, 0.1) is 0 Å². The van der Waals surface area contributed by atoms with Gasteiger partial charge in [-0.15, -0.1) is 0 Å². The van der Waals surface area contributed by atoms with E-state index in [0.29, 0.717) is 38.3 Å². The summed E-state index contributed by atoms with van der Waals surface area (Å²) >= 11 is 5.25. The number of methoxy groups -OCH3 is 1. The van der Waals surface area contributed by atoms with E-state index in [0.717, 1.165) is 26.0 Å². The predicted molar refractivity (Wildman–Crippen MR) is 116 cm³/mol. The van der Waals surface area contributed by atoms with Gasteiger partial charge in [-0.2, -0.15) is 26.3 Å². The van der Waals surface area contributed by atoms with E-state index in [9.17, 15) is 35.9 Å². The molecule has 1 fully saturated rings. The second kappa shape index (κ2) is 11.7. The molecule has 3 rings (SSSR count). The summed E-state index contributed by atoms with van der Waals surface area (Å²) in [5, 5.41) is 8.12. The molecular weight excluding hydrogens is 522 g/mol. The Morgan fingerprint density at radius 2 is 1.50 bits per heavy atom. The van der Waals surface area contributed by atoms with Gasteiger partial charge < -0.3 is 19.6 Å². The van der Waals surface area contributed by atoms with E-state index < -0.39 is 46.1 Å². The summed E-state index contributed by atoms with van der Waals surface area (Å²) < 4.78 is 80.6. The van der Waals surface area contributed by atoms with Crippen molar-refractivity contribution in [2.45, 2.75) is 19.3 Å². The Labute approximate surface area is 206 Å². The Kier molecular flexibility index (Phi) is 9.49. The van der Waals surface area contributed by atoms with Crippen LogP contribution in [0.5, 0.6) is 0 Å². The molecule has 1 N–H and O–H groups in total. The quantitative estimate of drug-likeness (QED) is 0.343. The van der Waals surface area contributed by atoms with Gasteiger partial charge in [0, 0.05) is 38.6 Å². The minimum atomic E-state index is -4.64. The number of esters is 1. The number of pyridine rings is 2. The molecule has 0 spiro atoms. The van der Waals surface area contributed by atoms with Gasteiger partial charge in [0.1, 0.15) is 11.0 Å². The number of carbonyl (C=O) groups is 2. The zero-order valence-electron chi connectivity index (χ0n) is 19.0. The third-order valence-corrected chi connectivity index (χ3v) is 5.40. The van der Waals surface area contributed by atoms with E-state index >= 15 is 0 Å². The average Bonchev–Trinajstić information content (AvgIpc) is 2.82. The van der Waals surface area contributed by atoms with E-state index in [1.165, 1.54) is 0 Å². The number of halogens is 7. The Morgan fingerprint density at radius 3 is 1.97 bits per heavy atom. The van der Waals surface area contributed by atoms with E-state index in [1.54, 1.807) is 4.90 Å². The molecule has 36 heavy (non-hydrogen) atoms. The van der Waals surface area contributed by atoms with Gasteiger partial charge in [0.2, 0.25) is 0 Å². The molecule has 3 heterocycles. The standard InChI is InChI=1S/C13H16F3N3O2.C8H5ClF3NO2/c1-2-18-3-5-19(6-4-18)11-10(13(14,15)16)7-9(8-17-11)12(20)21;1-15-7(14)4-2-5(8(10,11)12)6(9)13-3-4/h7-8H,2-6H2,1H3,(H,20,21);2-3H,1H3. The lowest BCUT2D eigenvalue weighted by Gasteiger charge is -2.35. The number of carboxylic acid groups (broad SMARTS) is 1. The zero-order valence-corrected chi connectivity index (χ0v) is 19.7. The van der Waals surface area contributed by atoms with Gasteiger partial charge in [-0.05, 0) is 18.7 Å². The number of hydrogen-bond donors (Lipinski definition) is 1. The highest BCUT2D eigenvalue weighted by Gasteiger charge is 2.37. The number of piperazine rings is 1. The maximum absolute atomic E-state index is 13.1. The lowest BCUT2D eigenvalue weighted by molar-refractivity contribution is -0.138. The lowest BCUT2D eigenvalue weighted by Crippen LogP contribution is -2.47. The largest absolute Gasteiger partial charge is 0.478 e. The van der Waals surface area contributed by atoms with E-state index in [2.05, 4.69) is 19.6 Å². The molecule has 0 atom stereocenters. The van der Waals surface area contributed by atoms with Crippen molar-refractivity contribution in [3.8, 4) is 0 Å². The van der Waals surface area contributed by atoms with Crippen LogP contribution in [0.2, 0.25) is 5.15 Å². The first-order chi connectivity index (χ1) is 16.7. The van der Waals surface area contributed by atoms with Crippen LogP contribution in [0.4, 0.5) is 32.2 Å². The zero-order chi connectivity index (χ0) is 27.3. The molecule has 0 amide bonds. The van der Waals surface area contributed by atoms with Crippen molar-refractivity contribution in [1.29, 1.82) is 0 Å². The first-order valence-electron chi connectivity index (χ1n) is 10.3. The van der Waals surface area contributed by atoms with Gasteiger partial charge in [-0.3, -0.25) is 0 Å². The highest BCUT2D eigenvalue weighted by atomic mass is 35.5. The Balaban J connectivity index is 0.000000269. The summed E-state index contributed by atoms with van der Waals surface area (Å²) in [4.78, 5) is 32.5. The third kappa shape index (κ3) is 7.43. The van der Waals surface area contributed by atoms with Gasteiger partial charge >= 0.3 is 24.3 Å². The van der Waals surface area contributed by atoms with Crippen LogP contribution >= 0.6 is 11.6 Å². The smallest absolute Gasteiger partial charge is 0.419 e. The Hall–Kier alpha value is -3.13. The molecule has 1 aliphatic heterocycles. The summed E-state index contributed by atoms with van der Waals surface area (Å²) in [5.74, 6) is -2.51. The van der Waals surface area contributed by atoms with Gasteiger partial charge in [0.05, 0.1) is 29.4 Å². The van der Waals surface area contributed by atoms with Crippen molar-refractivity contribution in [2.75, 3.05) is 44.7 Å². The normalized spacial score (nSPS) is 14.6. The van der Waals surface area contributed by atoms with Gasteiger partial charge in [-0.25, -0.2) is 19.6 Å². The predicted octanol–water partition coefficient (Wildman–Crippen LogP) is 4.48. The monoisotopic (exact) mass is 542 g/mol. The lowest BCUT2D eigenvalue weighted by atomic mass is 10.1. The Bertz CT molecular complexity index is 1090. The fraction of sp³-hybridized carbons (Fsp3) is 0.429. The van der Waals surface area contributed by atoms with E-state index in [1.807, 2.05) is 6.92 Å². The van der Waals surface area contributed by atoms with E-state index in [4.69, 9.17) is 16.7 Å². The number of anilines is 1. The molecule has 1 saturated heterocycles. The Morgan fingerprint density at radius 1 is 0.972 bits per heavy atom. The first-order valence-corrected chi connectivity index (χ1v) is 10.7. The number of ether oxygens (including phenoxy) is 1. The molecular formula is C21H21ClF6N4O4. The van der Waals surface area contributed by atoms with Crippen LogP contribution in [0.25, 0.3) is 0 Å². The number of aromatic carboxylic acids is 1. The average molecular weight is 543 g/mol. The summed E-state index contributed by atoms with van der Waals surface area (Å²) in [7, 11) is 1.06. The van der Waals surface area contributed by atoms with Crippen molar-refractivity contribution in [2.24, 2.45) is 0 Å². The summed E-state index contributed by atoms with van der Waals surface area (Å²) in [5.41, 5.74) is -2.91. The fourth-order valence-electron chi connectivity index (χ4n) is 3.19. The molecule has 8 nitrogen and oxygen atoms in total. The second-order valence-corrected chi connectivity index (χ2v) is 7.73. The highest BCUT2D eigenvalue weighted by molar-refractivity contribution is 6.30. The second-order valence-electron chi connectivity index (χ2n) is 7.37. The number of hydrogen-bond acceptors (Lipinski definition) is 7. The molecule has 0 radical (unpaired) electrons. The number of rotatable bonds is 4. The molecule has 2 aromatic rings. The van der Waals surface area contributed by atoms with Gasteiger partial charge in [0.25, 0.3) is 0 Å². The minimum absolute atomic E-state index is 0.191. The molecule has 0 unspecified atom stereocenters. The third-order valence-electron chi connectivity index (χ3n) is 5.10.